The third-order valence-corrected chi connectivity index (χ3v) is 6.06. The van der Waals surface area contributed by atoms with Crippen LogP contribution < -0.4 is 18.8 Å². The van der Waals surface area contributed by atoms with Gasteiger partial charge in [-0.15, -0.1) is 13.2 Å². The molecule has 2 unspecified atom stereocenters. The molecular formula is C20H24O6P2S2Zn. The van der Waals surface area contributed by atoms with Crippen molar-refractivity contribution in [3.05, 3.63) is 85.0 Å². The summed E-state index contributed by atoms with van der Waals surface area (Å²) in [5.41, 5.74) is 2.18. The quantitative estimate of drug-likeness (QED) is 0.245. The maximum atomic E-state index is 11.5. The first-order chi connectivity index (χ1) is 14.1. The van der Waals surface area contributed by atoms with Gasteiger partial charge < -0.3 is 27.9 Å². The minimum atomic E-state index is -3.43. The smallest absolute Gasteiger partial charge is 0.770 e. The topological polar surface area (TPSA) is 83.0 Å². The molecule has 0 bridgehead atoms. The van der Waals surface area contributed by atoms with Crippen molar-refractivity contribution in [2.24, 2.45) is 0 Å². The van der Waals surface area contributed by atoms with Crippen LogP contribution in [0.25, 0.3) is 0 Å². The summed E-state index contributed by atoms with van der Waals surface area (Å²) in [4.78, 5) is 23.1. The Kier molecular flexibility index (Phi) is 14.8. The van der Waals surface area contributed by atoms with E-state index in [0.717, 1.165) is 11.1 Å². The molecule has 0 aromatic heterocycles. The van der Waals surface area contributed by atoms with Crippen molar-refractivity contribution in [1.29, 1.82) is 0 Å². The summed E-state index contributed by atoms with van der Waals surface area (Å²) in [5, 5.41) is 0. The average Bonchev–Trinajstić information content (AvgIpc) is 2.69. The molecule has 2 aromatic rings. The Morgan fingerprint density at radius 3 is 1.29 bits per heavy atom. The zero-order chi connectivity index (χ0) is 22.6. The summed E-state index contributed by atoms with van der Waals surface area (Å²) in [6.45, 7) is 4.14. The van der Waals surface area contributed by atoms with Crippen molar-refractivity contribution in [1.82, 2.24) is 0 Å². The van der Waals surface area contributed by atoms with Crippen LogP contribution in [0.15, 0.2) is 73.8 Å². The summed E-state index contributed by atoms with van der Waals surface area (Å²) in [7, 11) is 0. The number of aryl methyl sites for hydroxylation is 2. The van der Waals surface area contributed by atoms with Crippen LogP contribution in [0.1, 0.15) is 11.1 Å². The molecule has 0 N–H and O–H groups in total. The van der Waals surface area contributed by atoms with E-state index in [1.54, 1.807) is 24.3 Å². The van der Waals surface area contributed by atoms with Crippen LogP contribution in [0.5, 0.6) is 11.5 Å². The molecular weight excluding hydrogens is 528 g/mol. The largest absolute Gasteiger partial charge is 2.00 e. The predicted molar refractivity (Wildman–Crippen MR) is 124 cm³/mol. The van der Waals surface area contributed by atoms with Gasteiger partial charge in [-0.25, -0.2) is 0 Å². The fraction of sp³-hybridized carbons (Fsp3) is 0.200. The summed E-state index contributed by atoms with van der Waals surface area (Å²) in [6, 6.07) is 14.2. The Bertz CT molecular complexity index is 831. The van der Waals surface area contributed by atoms with Crippen LogP contribution in [-0.4, -0.2) is 13.2 Å². The van der Waals surface area contributed by atoms with Gasteiger partial charge in [0.2, 0.25) is 0 Å². The molecule has 2 rings (SSSR count). The molecule has 0 spiro atoms. The molecule has 164 valence electrons. The number of hydrogen-bond donors (Lipinski definition) is 0. The van der Waals surface area contributed by atoms with Crippen molar-refractivity contribution in [2.75, 3.05) is 13.2 Å². The van der Waals surface area contributed by atoms with Crippen LogP contribution in [0, 0.1) is 13.8 Å². The average molecular weight is 552 g/mol. The molecule has 0 aliphatic heterocycles. The first kappa shape index (κ1) is 30.3. The third-order valence-electron chi connectivity index (χ3n) is 3.18. The normalized spacial score (nSPS) is 13.8. The Morgan fingerprint density at radius 1 is 0.742 bits per heavy atom. The van der Waals surface area contributed by atoms with Gasteiger partial charge in [-0.3, -0.25) is 0 Å². The van der Waals surface area contributed by atoms with Gasteiger partial charge in [0.05, 0.1) is 13.2 Å². The second kappa shape index (κ2) is 15.2. The van der Waals surface area contributed by atoms with E-state index >= 15 is 0 Å². The maximum absolute atomic E-state index is 11.5. The molecule has 2 atom stereocenters. The zero-order valence-corrected chi connectivity index (χ0v) is 23.9. The van der Waals surface area contributed by atoms with Crippen LogP contribution in [0.3, 0.4) is 0 Å². The fourth-order valence-electron chi connectivity index (χ4n) is 1.80. The van der Waals surface area contributed by atoms with Crippen LogP contribution in [-0.2, 0) is 52.1 Å². The Labute approximate surface area is 207 Å². The molecule has 6 nitrogen and oxygen atoms in total. The Balaban J connectivity index is 0.000000562. The van der Waals surface area contributed by atoms with E-state index in [2.05, 4.69) is 36.8 Å². The van der Waals surface area contributed by atoms with E-state index in [9.17, 15) is 9.79 Å². The monoisotopic (exact) mass is 550 g/mol. The summed E-state index contributed by atoms with van der Waals surface area (Å²) < 4.78 is 19.8. The van der Waals surface area contributed by atoms with E-state index < -0.39 is 13.4 Å². The second-order valence-corrected chi connectivity index (χ2v) is 11.2. The SMILES string of the molecule is C=CCOP([O-])(=S)Oc1ccc(C)cc1.C=CCOP([O-])(=S)Oc1ccc(C)cc1.[Zn+2]. The van der Waals surface area contributed by atoms with Gasteiger partial charge in [0.25, 0.3) is 0 Å². The molecule has 2 aromatic carbocycles. The number of rotatable bonds is 10. The summed E-state index contributed by atoms with van der Waals surface area (Å²) in [5.74, 6) is 0.894. The molecule has 0 fully saturated rings. The fourth-order valence-corrected chi connectivity index (χ4v) is 4.12. The zero-order valence-electron chi connectivity index (χ0n) is 17.5. The van der Waals surface area contributed by atoms with Crippen molar-refractivity contribution in [2.45, 2.75) is 13.8 Å². The number of hydrogen-bond acceptors (Lipinski definition) is 8. The molecule has 0 saturated carbocycles. The predicted octanol–water partition coefficient (Wildman–Crippen LogP) is 4.32. The minimum absolute atomic E-state index is 0. The molecule has 11 heteroatoms. The molecule has 0 aliphatic rings. The van der Waals surface area contributed by atoms with Gasteiger partial charge in [0.15, 0.2) is 13.4 Å². The van der Waals surface area contributed by atoms with Gasteiger partial charge in [-0.1, -0.05) is 47.5 Å². The standard InChI is InChI=1S/2C10H13O3PS.Zn/c2*1-3-8-12-14(11,15)13-10-6-4-9(2)5-7-10;/h2*3-7H,1,8H2,2H3,(H,11,15);/q;;+2/p-2. The van der Waals surface area contributed by atoms with Crippen molar-refractivity contribution < 1.29 is 47.4 Å². The molecule has 0 amide bonds. The van der Waals surface area contributed by atoms with Crippen LogP contribution in [0.2, 0.25) is 0 Å². The molecule has 0 saturated heterocycles. The summed E-state index contributed by atoms with van der Waals surface area (Å²) in [6.07, 6.45) is 2.94. The van der Waals surface area contributed by atoms with E-state index in [0.29, 0.717) is 11.5 Å². The Hall–Kier alpha value is -0.717. The van der Waals surface area contributed by atoms with E-state index in [4.69, 9.17) is 18.1 Å². The van der Waals surface area contributed by atoms with Gasteiger partial charge in [-0.05, 0) is 61.7 Å². The first-order valence-corrected chi connectivity index (χ1v) is 13.8. The Morgan fingerprint density at radius 2 is 1.03 bits per heavy atom. The van der Waals surface area contributed by atoms with E-state index in [-0.39, 0.29) is 32.7 Å². The van der Waals surface area contributed by atoms with Gasteiger partial charge in [0.1, 0.15) is 11.5 Å². The van der Waals surface area contributed by atoms with Crippen LogP contribution in [0.4, 0.5) is 0 Å². The van der Waals surface area contributed by atoms with Crippen molar-refractivity contribution >= 4 is 37.1 Å². The molecule has 0 aliphatic carbocycles. The van der Waals surface area contributed by atoms with Crippen molar-refractivity contribution in [3.8, 4) is 11.5 Å². The van der Waals surface area contributed by atoms with Gasteiger partial charge in [0, 0.05) is 0 Å². The second-order valence-electron chi connectivity index (χ2n) is 5.87. The third kappa shape index (κ3) is 14.1. The molecule has 0 heterocycles. The van der Waals surface area contributed by atoms with Crippen LogP contribution >= 0.6 is 13.4 Å². The molecule has 0 radical (unpaired) electrons. The first-order valence-electron chi connectivity index (χ1n) is 8.72. The minimum Gasteiger partial charge on any atom is -0.770 e. The van der Waals surface area contributed by atoms with E-state index in [1.165, 1.54) is 12.2 Å². The van der Waals surface area contributed by atoms with Crippen molar-refractivity contribution in [3.63, 3.8) is 0 Å². The van der Waals surface area contributed by atoms with Gasteiger partial charge >= 0.3 is 19.5 Å². The molecule has 31 heavy (non-hydrogen) atoms. The van der Waals surface area contributed by atoms with E-state index in [1.807, 2.05) is 38.1 Å². The number of benzene rings is 2. The van der Waals surface area contributed by atoms with Gasteiger partial charge in [-0.2, -0.15) is 0 Å². The maximum Gasteiger partial charge on any atom is 2.00 e. The summed E-state index contributed by atoms with van der Waals surface area (Å²) >= 11 is 9.37.